The Kier molecular flexibility index (Phi) is 4.48. The molecule has 3 nitrogen and oxygen atoms in total. The standard InChI is InChI=1S/C17H25NO2/c1-12-10-17(2,3)11-14(12)18-15(16(19)20-4)13-8-6-5-7-9-13/h5-9,12,14-15,18H,10-11H2,1-4H3. The van der Waals surface area contributed by atoms with E-state index in [4.69, 9.17) is 4.74 Å². The van der Waals surface area contributed by atoms with Crippen molar-refractivity contribution in [2.75, 3.05) is 7.11 Å². The molecular formula is C17H25NO2. The first kappa shape index (κ1) is 15.0. The first-order valence-corrected chi connectivity index (χ1v) is 7.32. The molecule has 0 spiro atoms. The molecule has 20 heavy (non-hydrogen) atoms. The highest BCUT2D eigenvalue weighted by Crippen LogP contribution is 2.41. The third-order valence-corrected chi connectivity index (χ3v) is 4.28. The van der Waals surface area contributed by atoms with E-state index in [0.717, 1.165) is 12.0 Å². The lowest BCUT2D eigenvalue weighted by atomic mass is 9.91. The molecule has 0 radical (unpaired) electrons. The number of hydrogen-bond acceptors (Lipinski definition) is 3. The summed E-state index contributed by atoms with van der Waals surface area (Å²) in [5.41, 5.74) is 1.31. The van der Waals surface area contributed by atoms with Crippen LogP contribution in [0.4, 0.5) is 0 Å². The zero-order valence-corrected chi connectivity index (χ0v) is 12.8. The van der Waals surface area contributed by atoms with Gasteiger partial charge in [-0.1, -0.05) is 51.1 Å². The van der Waals surface area contributed by atoms with E-state index < -0.39 is 0 Å². The number of nitrogens with one attached hydrogen (secondary N) is 1. The van der Waals surface area contributed by atoms with Crippen LogP contribution in [-0.4, -0.2) is 19.1 Å². The second-order valence-corrected chi connectivity index (χ2v) is 6.69. The minimum atomic E-state index is -0.373. The SMILES string of the molecule is COC(=O)C(NC1CC(C)(C)CC1C)c1ccccc1. The molecule has 1 aromatic rings. The van der Waals surface area contributed by atoms with Crippen LogP contribution in [0.25, 0.3) is 0 Å². The molecular weight excluding hydrogens is 250 g/mol. The van der Waals surface area contributed by atoms with Crippen LogP contribution in [0, 0.1) is 11.3 Å². The topological polar surface area (TPSA) is 38.3 Å². The van der Waals surface area contributed by atoms with Crippen molar-refractivity contribution in [2.45, 2.75) is 45.7 Å². The van der Waals surface area contributed by atoms with E-state index in [1.165, 1.54) is 13.5 Å². The van der Waals surface area contributed by atoms with Crippen LogP contribution in [-0.2, 0) is 9.53 Å². The highest BCUT2D eigenvalue weighted by Gasteiger charge is 2.38. The fourth-order valence-electron chi connectivity index (χ4n) is 3.39. The summed E-state index contributed by atoms with van der Waals surface area (Å²) in [6.45, 7) is 6.84. The summed E-state index contributed by atoms with van der Waals surface area (Å²) >= 11 is 0. The van der Waals surface area contributed by atoms with Crippen molar-refractivity contribution in [3.8, 4) is 0 Å². The summed E-state index contributed by atoms with van der Waals surface area (Å²) in [5, 5.41) is 3.51. The van der Waals surface area contributed by atoms with E-state index in [1.807, 2.05) is 30.3 Å². The normalized spacial score (nSPS) is 26.2. The fourth-order valence-corrected chi connectivity index (χ4v) is 3.39. The molecule has 1 saturated carbocycles. The lowest BCUT2D eigenvalue weighted by Crippen LogP contribution is -2.39. The molecule has 0 heterocycles. The Labute approximate surface area is 121 Å². The zero-order chi connectivity index (χ0) is 14.8. The summed E-state index contributed by atoms with van der Waals surface area (Å²) in [5.74, 6) is 0.356. The largest absolute Gasteiger partial charge is 0.468 e. The van der Waals surface area contributed by atoms with Crippen molar-refractivity contribution in [3.05, 3.63) is 35.9 Å². The molecule has 0 aromatic heterocycles. The Morgan fingerprint density at radius 3 is 2.45 bits per heavy atom. The van der Waals surface area contributed by atoms with Crippen molar-refractivity contribution >= 4 is 5.97 Å². The van der Waals surface area contributed by atoms with Gasteiger partial charge in [-0.25, -0.2) is 4.79 Å². The highest BCUT2D eigenvalue weighted by molar-refractivity contribution is 5.77. The van der Waals surface area contributed by atoms with Crippen molar-refractivity contribution in [1.29, 1.82) is 0 Å². The van der Waals surface area contributed by atoms with Gasteiger partial charge in [-0.2, -0.15) is 0 Å². The predicted octanol–water partition coefficient (Wildman–Crippen LogP) is 3.32. The maximum atomic E-state index is 12.1. The van der Waals surface area contributed by atoms with Gasteiger partial charge in [-0.3, -0.25) is 5.32 Å². The summed E-state index contributed by atoms with van der Waals surface area (Å²) in [4.78, 5) is 12.1. The summed E-state index contributed by atoms with van der Waals surface area (Å²) in [7, 11) is 1.45. The third-order valence-electron chi connectivity index (χ3n) is 4.28. The lowest BCUT2D eigenvalue weighted by molar-refractivity contribution is -0.143. The van der Waals surface area contributed by atoms with Crippen LogP contribution in [0.2, 0.25) is 0 Å². The Bertz CT molecular complexity index is 455. The lowest BCUT2D eigenvalue weighted by Gasteiger charge is -2.24. The van der Waals surface area contributed by atoms with Crippen molar-refractivity contribution < 1.29 is 9.53 Å². The number of rotatable bonds is 4. The Hall–Kier alpha value is -1.35. The Morgan fingerprint density at radius 1 is 1.30 bits per heavy atom. The Balaban J connectivity index is 2.15. The second kappa shape index (κ2) is 5.96. The maximum Gasteiger partial charge on any atom is 0.327 e. The number of hydrogen-bond donors (Lipinski definition) is 1. The smallest absolute Gasteiger partial charge is 0.327 e. The van der Waals surface area contributed by atoms with Gasteiger partial charge >= 0.3 is 5.97 Å². The average Bonchev–Trinajstić information content (AvgIpc) is 2.68. The third kappa shape index (κ3) is 3.40. The van der Waals surface area contributed by atoms with Gasteiger partial charge in [0, 0.05) is 6.04 Å². The van der Waals surface area contributed by atoms with Gasteiger partial charge in [-0.15, -0.1) is 0 Å². The van der Waals surface area contributed by atoms with E-state index in [2.05, 4.69) is 26.1 Å². The van der Waals surface area contributed by atoms with E-state index >= 15 is 0 Å². The van der Waals surface area contributed by atoms with Crippen LogP contribution < -0.4 is 5.32 Å². The van der Waals surface area contributed by atoms with Gasteiger partial charge in [0.05, 0.1) is 7.11 Å². The second-order valence-electron chi connectivity index (χ2n) is 6.69. The molecule has 1 N–H and O–H groups in total. The van der Waals surface area contributed by atoms with E-state index in [0.29, 0.717) is 17.4 Å². The van der Waals surface area contributed by atoms with Crippen molar-refractivity contribution in [2.24, 2.45) is 11.3 Å². The molecule has 1 fully saturated rings. The van der Waals surface area contributed by atoms with Crippen molar-refractivity contribution in [1.82, 2.24) is 5.32 Å². The van der Waals surface area contributed by atoms with Crippen LogP contribution >= 0.6 is 0 Å². The molecule has 0 saturated heterocycles. The molecule has 0 amide bonds. The minimum absolute atomic E-state index is 0.215. The van der Waals surface area contributed by atoms with Crippen LogP contribution in [0.1, 0.15) is 45.2 Å². The maximum absolute atomic E-state index is 12.1. The molecule has 3 atom stereocenters. The Morgan fingerprint density at radius 2 is 1.95 bits per heavy atom. The van der Waals surface area contributed by atoms with Crippen molar-refractivity contribution in [3.63, 3.8) is 0 Å². The zero-order valence-electron chi connectivity index (χ0n) is 12.8. The first-order valence-electron chi connectivity index (χ1n) is 7.32. The van der Waals surface area contributed by atoms with E-state index in [9.17, 15) is 4.79 Å². The number of methoxy groups -OCH3 is 1. The average molecular weight is 275 g/mol. The molecule has 1 aromatic carbocycles. The molecule has 110 valence electrons. The summed E-state index contributed by atoms with van der Waals surface area (Å²) in [6, 6.07) is 9.79. The van der Waals surface area contributed by atoms with Gasteiger partial charge in [0.25, 0.3) is 0 Å². The predicted molar refractivity (Wildman–Crippen MR) is 80.3 cm³/mol. The molecule has 3 heteroatoms. The number of esters is 1. The molecule has 0 bridgehead atoms. The first-order chi connectivity index (χ1) is 9.43. The van der Waals surface area contributed by atoms with Gasteiger partial charge in [0.2, 0.25) is 0 Å². The molecule has 1 aliphatic rings. The highest BCUT2D eigenvalue weighted by atomic mass is 16.5. The van der Waals surface area contributed by atoms with E-state index in [-0.39, 0.29) is 12.0 Å². The van der Waals surface area contributed by atoms with Crippen LogP contribution in [0.3, 0.4) is 0 Å². The number of carbonyl (C=O) groups excluding carboxylic acids is 1. The number of ether oxygens (including phenoxy) is 1. The summed E-state index contributed by atoms with van der Waals surface area (Å²) < 4.78 is 4.96. The van der Waals surface area contributed by atoms with Gasteiger partial charge in [0.1, 0.15) is 6.04 Å². The molecule has 1 aliphatic carbocycles. The van der Waals surface area contributed by atoms with Gasteiger partial charge in [-0.05, 0) is 29.7 Å². The van der Waals surface area contributed by atoms with E-state index in [1.54, 1.807) is 0 Å². The number of benzene rings is 1. The van der Waals surface area contributed by atoms with Gasteiger partial charge in [0.15, 0.2) is 0 Å². The molecule has 2 rings (SSSR count). The molecule has 0 aliphatic heterocycles. The van der Waals surface area contributed by atoms with Crippen LogP contribution in [0.5, 0.6) is 0 Å². The number of carbonyl (C=O) groups is 1. The monoisotopic (exact) mass is 275 g/mol. The quantitative estimate of drug-likeness (QED) is 0.857. The van der Waals surface area contributed by atoms with Gasteiger partial charge < -0.3 is 4.74 Å². The molecule has 3 unspecified atom stereocenters. The summed E-state index contributed by atoms with van der Waals surface area (Å²) in [6.07, 6.45) is 2.28. The fraction of sp³-hybridized carbons (Fsp3) is 0.588. The minimum Gasteiger partial charge on any atom is -0.468 e. The van der Waals surface area contributed by atoms with Crippen LogP contribution in [0.15, 0.2) is 30.3 Å².